The number of anilines is 1. The number of nitrogens with zero attached hydrogens (tertiary/aromatic N) is 2. The van der Waals surface area contributed by atoms with Gasteiger partial charge in [-0.3, -0.25) is 9.59 Å². The summed E-state index contributed by atoms with van der Waals surface area (Å²) < 4.78 is 7.54. The summed E-state index contributed by atoms with van der Waals surface area (Å²) in [6.45, 7) is 4.22. The number of carbonyl (C=O) groups excluding carboxylic acids is 3. The lowest BCUT2D eigenvalue weighted by Crippen LogP contribution is -2.56. The molecule has 202 valence electrons. The lowest BCUT2D eigenvalue weighted by atomic mass is 10.1. The zero-order chi connectivity index (χ0) is 27.5. The Morgan fingerprint density at radius 3 is 2.42 bits per heavy atom. The van der Waals surface area contributed by atoms with Crippen LogP contribution in [0, 0.1) is 0 Å². The van der Waals surface area contributed by atoms with E-state index in [0.29, 0.717) is 18.9 Å². The van der Waals surface area contributed by atoms with E-state index >= 15 is 0 Å². The minimum Gasteiger partial charge on any atom is -0.374 e. The maximum atomic E-state index is 13.1. The van der Waals surface area contributed by atoms with Gasteiger partial charge < -0.3 is 36.3 Å². The van der Waals surface area contributed by atoms with Crippen molar-refractivity contribution in [1.29, 1.82) is 0 Å². The largest absolute Gasteiger partial charge is 0.374 e. The molecule has 6 N–H and O–H groups in total. The molecule has 0 bridgehead atoms. The van der Waals surface area contributed by atoms with Crippen molar-refractivity contribution in [2.45, 2.75) is 45.1 Å². The van der Waals surface area contributed by atoms with Crippen LogP contribution in [0.25, 0.3) is 0 Å². The van der Waals surface area contributed by atoms with E-state index in [-0.39, 0.29) is 19.2 Å². The normalized spacial score (nSPS) is 11.9. The van der Waals surface area contributed by atoms with E-state index in [4.69, 9.17) is 10.5 Å². The molecule has 0 aliphatic rings. The Morgan fingerprint density at radius 1 is 1.05 bits per heavy atom. The minimum atomic E-state index is -1.17. The van der Waals surface area contributed by atoms with E-state index in [0.717, 1.165) is 16.7 Å². The van der Waals surface area contributed by atoms with E-state index in [9.17, 15) is 14.4 Å². The van der Waals surface area contributed by atoms with Crippen molar-refractivity contribution in [1.82, 2.24) is 25.5 Å². The fourth-order valence-electron chi connectivity index (χ4n) is 3.47. The highest BCUT2D eigenvalue weighted by atomic mass is 16.5. The summed E-state index contributed by atoms with van der Waals surface area (Å²) >= 11 is 0. The van der Waals surface area contributed by atoms with Crippen LogP contribution < -0.4 is 27.0 Å². The Hall–Kier alpha value is -4.22. The summed E-state index contributed by atoms with van der Waals surface area (Å²) in [4.78, 5) is 41.4. The molecular formula is C27H35N7O4. The summed E-state index contributed by atoms with van der Waals surface area (Å²) in [7, 11) is 1.56. The molecule has 11 nitrogen and oxygen atoms in total. The molecule has 1 atom stereocenters. The highest BCUT2D eigenvalue weighted by molar-refractivity contribution is 5.98. The fourth-order valence-corrected chi connectivity index (χ4v) is 3.47. The maximum Gasteiger partial charge on any atom is 0.314 e. The van der Waals surface area contributed by atoms with Gasteiger partial charge in [-0.1, -0.05) is 54.6 Å². The molecule has 4 amide bonds. The third-order valence-electron chi connectivity index (χ3n) is 5.63. The molecular weight excluding hydrogens is 486 g/mol. The molecule has 0 saturated carbocycles. The van der Waals surface area contributed by atoms with Crippen molar-refractivity contribution in [2.75, 3.05) is 19.0 Å². The quantitative estimate of drug-likeness (QED) is 0.245. The molecule has 0 aliphatic heterocycles. The van der Waals surface area contributed by atoms with Crippen LogP contribution in [0.1, 0.15) is 30.5 Å². The van der Waals surface area contributed by atoms with Crippen molar-refractivity contribution in [2.24, 2.45) is 5.73 Å². The number of ether oxygens (including phenoxy) is 1. The fraction of sp³-hybridized carbons (Fsp3) is 0.333. The number of hydrogen-bond acceptors (Lipinski definition) is 6. The van der Waals surface area contributed by atoms with Crippen molar-refractivity contribution < 1.29 is 19.1 Å². The summed E-state index contributed by atoms with van der Waals surface area (Å²) in [5.74, 6) is -0.630. The number of carbonyl (C=O) groups is 3. The molecule has 2 aromatic carbocycles. The Balaban J connectivity index is 1.64. The molecule has 38 heavy (non-hydrogen) atoms. The SMILES string of the molecule is CNC(=O)NCc1ccccc1Cn1cnc(NC(=O)[C@@H](COCc2ccccc2)NC(=O)C(C)(C)N)c1. The molecule has 0 unspecified atom stereocenters. The van der Waals surface area contributed by atoms with Gasteiger partial charge in [-0.05, 0) is 30.5 Å². The van der Waals surface area contributed by atoms with E-state index in [1.54, 1.807) is 33.4 Å². The third kappa shape index (κ3) is 8.71. The van der Waals surface area contributed by atoms with Crippen LogP contribution in [-0.2, 0) is 34.0 Å². The first-order valence-corrected chi connectivity index (χ1v) is 12.2. The third-order valence-corrected chi connectivity index (χ3v) is 5.63. The zero-order valence-electron chi connectivity index (χ0n) is 21.9. The van der Waals surface area contributed by atoms with Crippen LogP contribution in [-0.4, -0.2) is 52.6 Å². The minimum absolute atomic E-state index is 0.0467. The number of urea groups is 1. The van der Waals surface area contributed by atoms with Crippen molar-refractivity contribution in [3.05, 3.63) is 83.8 Å². The van der Waals surface area contributed by atoms with Gasteiger partial charge >= 0.3 is 6.03 Å². The lowest BCUT2D eigenvalue weighted by molar-refractivity contribution is -0.130. The molecule has 1 aromatic heterocycles. The number of amides is 4. The predicted molar refractivity (Wildman–Crippen MR) is 144 cm³/mol. The van der Waals surface area contributed by atoms with Crippen molar-refractivity contribution in [3.63, 3.8) is 0 Å². The van der Waals surface area contributed by atoms with E-state index in [2.05, 4.69) is 26.3 Å². The first kappa shape index (κ1) is 28.4. The second-order valence-corrected chi connectivity index (χ2v) is 9.37. The molecule has 0 aliphatic carbocycles. The van der Waals surface area contributed by atoms with Crippen LogP contribution in [0.15, 0.2) is 67.1 Å². The highest BCUT2D eigenvalue weighted by Gasteiger charge is 2.28. The Labute approximate surface area is 222 Å². The van der Waals surface area contributed by atoms with Gasteiger partial charge in [0.05, 0.1) is 25.1 Å². The van der Waals surface area contributed by atoms with Crippen LogP contribution in [0.4, 0.5) is 10.6 Å². The van der Waals surface area contributed by atoms with Gasteiger partial charge in [0.15, 0.2) is 5.82 Å². The summed E-state index contributed by atoms with van der Waals surface area (Å²) in [5.41, 5.74) is 7.63. The van der Waals surface area contributed by atoms with Crippen LogP contribution in [0.2, 0.25) is 0 Å². The van der Waals surface area contributed by atoms with E-state index in [1.165, 1.54) is 0 Å². The molecule has 1 heterocycles. The molecule has 3 rings (SSSR count). The highest BCUT2D eigenvalue weighted by Crippen LogP contribution is 2.13. The monoisotopic (exact) mass is 521 g/mol. The maximum absolute atomic E-state index is 13.1. The second-order valence-electron chi connectivity index (χ2n) is 9.37. The van der Waals surface area contributed by atoms with E-state index in [1.807, 2.05) is 59.2 Å². The first-order chi connectivity index (χ1) is 18.2. The van der Waals surface area contributed by atoms with Crippen LogP contribution >= 0.6 is 0 Å². The summed E-state index contributed by atoms with van der Waals surface area (Å²) in [5, 5.41) is 10.7. The van der Waals surface area contributed by atoms with Gasteiger partial charge in [0.25, 0.3) is 5.91 Å². The van der Waals surface area contributed by atoms with Crippen LogP contribution in [0.3, 0.4) is 0 Å². The van der Waals surface area contributed by atoms with Gasteiger partial charge in [0.2, 0.25) is 5.91 Å². The first-order valence-electron chi connectivity index (χ1n) is 12.2. The number of aromatic nitrogens is 2. The Bertz CT molecular complexity index is 1220. The van der Waals surface area contributed by atoms with Crippen LogP contribution in [0.5, 0.6) is 0 Å². The molecule has 0 fully saturated rings. The number of hydrogen-bond donors (Lipinski definition) is 5. The lowest BCUT2D eigenvalue weighted by Gasteiger charge is -2.23. The number of nitrogens with one attached hydrogen (secondary N) is 4. The standard InChI is InChI=1S/C27H35N7O4/c1-27(2,28)25(36)32-22(17-38-16-19-9-5-4-6-10-19)24(35)33-23-15-34(18-31-23)14-21-12-8-7-11-20(21)13-30-26(37)29-3/h4-12,15,18,22H,13-14,16-17,28H2,1-3H3,(H,32,36)(H,33,35)(H2,29,30,37)/t22-/m1/s1. The Morgan fingerprint density at radius 2 is 1.74 bits per heavy atom. The molecule has 0 spiro atoms. The average Bonchev–Trinajstić information content (AvgIpc) is 3.33. The second kappa shape index (κ2) is 13.4. The average molecular weight is 522 g/mol. The van der Waals surface area contributed by atoms with Gasteiger partial charge in [-0.15, -0.1) is 0 Å². The van der Waals surface area contributed by atoms with Gasteiger partial charge in [-0.25, -0.2) is 9.78 Å². The molecule has 3 aromatic rings. The molecule has 0 saturated heterocycles. The van der Waals surface area contributed by atoms with Crippen molar-refractivity contribution in [3.8, 4) is 0 Å². The number of benzene rings is 2. The van der Waals surface area contributed by atoms with Gasteiger partial charge in [0, 0.05) is 26.3 Å². The van der Waals surface area contributed by atoms with E-state index < -0.39 is 23.4 Å². The van der Waals surface area contributed by atoms with Gasteiger partial charge in [0.1, 0.15) is 6.04 Å². The smallest absolute Gasteiger partial charge is 0.314 e. The number of nitrogens with two attached hydrogens (primary N) is 1. The predicted octanol–water partition coefficient (Wildman–Crippen LogP) is 1.74. The molecule has 0 radical (unpaired) electrons. The number of imidazole rings is 1. The van der Waals surface area contributed by atoms with Gasteiger partial charge in [-0.2, -0.15) is 0 Å². The number of rotatable bonds is 12. The summed E-state index contributed by atoms with van der Waals surface area (Å²) in [6, 6.07) is 16.0. The zero-order valence-corrected chi connectivity index (χ0v) is 21.9. The summed E-state index contributed by atoms with van der Waals surface area (Å²) in [6.07, 6.45) is 3.29. The van der Waals surface area contributed by atoms with Crippen molar-refractivity contribution >= 4 is 23.7 Å². The Kier molecular flexibility index (Phi) is 9.97. The molecule has 11 heteroatoms. The topological polar surface area (TPSA) is 152 Å².